The molecular weight excluding hydrogens is 338 g/mol. The van der Waals surface area contributed by atoms with Crippen molar-refractivity contribution >= 4 is 53.5 Å². The Morgan fingerprint density at radius 3 is 2.48 bits per heavy atom. The van der Waals surface area contributed by atoms with Gasteiger partial charge < -0.3 is 9.74 Å². The number of rotatable bonds is 5. The molecule has 0 saturated carbocycles. The summed E-state index contributed by atoms with van der Waals surface area (Å²) in [6.07, 6.45) is -0.0634. The summed E-state index contributed by atoms with van der Waals surface area (Å²) in [6.45, 7) is 15.2. The molecule has 122 valence electrons. The number of nitrogens with one attached hydrogen (secondary N) is 1. The first-order valence-electron chi connectivity index (χ1n) is 7.31. The minimum atomic E-state index is -1.85. The summed E-state index contributed by atoms with van der Waals surface area (Å²) in [4.78, 5) is 11.9. The van der Waals surface area contributed by atoms with E-state index in [4.69, 9.17) is 16.6 Å². The van der Waals surface area contributed by atoms with Crippen LogP contribution in [0.3, 0.4) is 0 Å². The molecule has 0 aromatic heterocycles. The van der Waals surface area contributed by atoms with Gasteiger partial charge >= 0.3 is 0 Å². The molecule has 1 rings (SSSR count). The summed E-state index contributed by atoms with van der Waals surface area (Å²) in [5, 5.41) is 3.16. The lowest BCUT2D eigenvalue weighted by atomic mass is 9.96. The SMILES string of the molecule is CCSC(=S)S[C@H]1NC(=O)[C@@H]1C(C)O[Si](C)(C)C(C)(C)C. The van der Waals surface area contributed by atoms with E-state index >= 15 is 0 Å². The van der Waals surface area contributed by atoms with Crippen molar-refractivity contribution in [2.24, 2.45) is 5.92 Å². The number of β-lactam (4-membered cyclic amide) rings is 1. The molecule has 1 fully saturated rings. The predicted molar refractivity (Wildman–Crippen MR) is 101 cm³/mol. The Morgan fingerprint density at radius 2 is 2.05 bits per heavy atom. The molecule has 1 saturated heterocycles. The van der Waals surface area contributed by atoms with Crippen LogP contribution in [0.2, 0.25) is 18.1 Å². The number of thioether (sulfide) groups is 2. The zero-order chi connectivity index (χ0) is 16.4. The van der Waals surface area contributed by atoms with E-state index in [1.807, 2.05) is 6.92 Å². The molecule has 1 heterocycles. The summed E-state index contributed by atoms with van der Waals surface area (Å²) in [7, 11) is -1.85. The predicted octanol–water partition coefficient (Wildman–Crippen LogP) is 4.24. The Kier molecular flexibility index (Phi) is 6.81. The van der Waals surface area contributed by atoms with Crippen LogP contribution >= 0.6 is 35.7 Å². The van der Waals surface area contributed by atoms with Crippen LogP contribution in [0.5, 0.6) is 0 Å². The standard InChI is InChI=1S/C14H27NO2S3Si/c1-8-19-13(18)20-12-10(11(16)15-12)9(2)17-21(6,7)14(3,4)5/h9-10,12H,8H2,1-7H3,(H,15,16)/t9?,10-,12+/m0/s1. The van der Waals surface area contributed by atoms with Crippen molar-refractivity contribution in [3.8, 4) is 0 Å². The molecule has 0 spiro atoms. The maximum Gasteiger partial charge on any atom is 0.229 e. The molecular formula is C14H27NO2S3Si. The number of carbonyl (C=O) groups is 1. The second kappa shape index (κ2) is 7.34. The zero-order valence-corrected chi connectivity index (χ0v) is 17.4. The van der Waals surface area contributed by atoms with Gasteiger partial charge in [0.1, 0.15) is 3.53 Å². The van der Waals surface area contributed by atoms with E-state index in [-0.39, 0.29) is 28.3 Å². The molecule has 0 bridgehead atoms. The molecule has 1 aliphatic heterocycles. The van der Waals surface area contributed by atoms with E-state index in [9.17, 15) is 4.79 Å². The fourth-order valence-corrected chi connectivity index (χ4v) is 6.04. The molecule has 1 N–H and O–H groups in total. The van der Waals surface area contributed by atoms with Gasteiger partial charge in [-0.25, -0.2) is 0 Å². The first-order valence-corrected chi connectivity index (χ1v) is 12.5. The molecule has 1 amide bonds. The highest BCUT2D eigenvalue weighted by atomic mass is 32.2. The first kappa shape index (κ1) is 19.5. The third kappa shape index (κ3) is 4.96. The number of amides is 1. The van der Waals surface area contributed by atoms with Crippen molar-refractivity contribution < 1.29 is 9.22 Å². The molecule has 0 aromatic carbocycles. The zero-order valence-electron chi connectivity index (χ0n) is 14.0. The van der Waals surface area contributed by atoms with Crippen LogP contribution in [-0.2, 0) is 9.22 Å². The third-order valence-electron chi connectivity index (χ3n) is 4.19. The first-order chi connectivity index (χ1) is 9.49. The Balaban J connectivity index is 2.65. The van der Waals surface area contributed by atoms with Crippen molar-refractivity contribution in [2.75, 3.05) is 5.75 Å². The van der Waals surface area contributed by atoms with E-state index in [1.54, 1.807) is 23.5 Å². The van der Waals surface area contributed by atoms with Crippen LogP contribution < -0.4 is 5.32 Å². The van der Waals surface area contributed by atoms with Gasteiger partial charge in [-0.2, -0.15) is 0 Å². The van der Waals surface area contributed by atoms with Crippen LogP contribution in [0.4, 0.5) is 0 Å². The molecule has 21 heavy (non-hydrogen) atoms. The summed E-state index contributed by atoms with van der Waals surface area (Å²) in [6, 6.07) is 0. The van der Waals surface area contributed by atoms with E-state index in [0.717, 1.165) is 9.28 Å². The van der Waals surface area contributed by atoms with Crippen molar-refractivity contribution in [1.82, 2.24) is 5.32 Å². The molecule has 0 aromatic rings. The highest BCUT2D eigenvalue weighted by molar-refractivity contribution is 8.47. The molecule has 0 radical (unpaired) electrons. The van der Waals surface area contributed by atoms with Crippen molar-refractivity contribution in [1.29, 1.82) is 0 Å². The van der Waals surface area contributed by atoms with Crippen LogP contribution in [0.1, 0.15) is 34.6 Å². The van der Waals surface area contributed by atoms with Gasteiger partial charge in [0.15, 0.2) is 8.32 Å². The minimum Gasteiger partial charge on any atom is -0.413 e. The fourth-order valence-electron chi connectivity index (χ4n) is 1.90. The van der Waals surface area contributed by atoms with Crippen molar-refractivity contribution in [2.45, 2.75) is 64.2 Å². The Bertz CT molecular complexity index is 410. The molecule has 3 nitrogen and oxygen atoms in total. The van der Waals surface area contributed by atoms with Crippen LogP contribution in [-0.4, -0.2) is 35.0 Å². The second-order valence-corrected chi connectivity index (χ2v) is 15.2. The van der Waals surface area contributed by atoms with Gasteiger partial charge in [0, 0.05) is 0 Å². The normalized spacial score (nSPS) is 24.2. The van der Waals surface area contributed by atoms with E-state index < -0.39 is 8.32 Å². The van der Waals surface area contributed by atoms with Crippen LogP contribution in [0.15, 0.2) is 0 Å². The van der Waals surface area contributed by atoms with Crippen molar-refractivity contribution in [3.05, 3.63) is 0 Å². The Morgan fingerprint density at radius 1 is 1.48 bits per heavy atom. The van der Waals surface area contributed by atoms with E-state index in [1.165, 1.54) is 0 Å². The highest BCUT2D eigenvalue weighted by Crippen LogP contribution is 2.40. The van der Waals surface area contributed by atoms with Crippen LogP contribution in [0, 0.1) is 5.92 Å². The maximum atomic E-state index is 11.9. The molecule has 0 aliphatic carbocycles. The topological polar surface area (TPSA) is 38.3 Å². The monoisotopic (exact) mass is 365 g/mol. The highest BCUT2D eigenvalue weighted by Gasteiger charge is 2.48. The molecule has 3 atom stereocenters. The number of carbonyl (C=O) groups excluding carboxylic acids is 1. The number of hydrogen-bond acceptors (Lipinski definition) is 5. The average molecular weight is 366 g/mol. The lowest BCUT2D eigenvalue weighted by molar-refractivity contribution is -0.136. The van der Waals surface area contributed by atoms with Gasteiger partial charge in [-0.05, 0) is 30.8 Å². The average Bonchev–Trinajstić information content (AvgIpc) is 2.25. The van der Waals surface area contributed by atoms with Gasteiger partial charge in [-0.1, -0.05) is 51.7 Å². The summed E-state index contributed by atoms with van der Waals surface area (Å²) in [5.74, 6) is 0.954. The van der Waals surface area contributed by atoms with Gasteiger partial charge in [0.25, 0.3) is 0 Å². The summed E-state index contributed by atoms with van der Waals surface area (Å²) in [5.41, 5.74) is 0. The summed E-state index contributed by atoms with van der Waals surface area (Å²) < 4.78 is 7.26. The van der Waals surface area contributed by atoms with Gasteiger partial charge in [-0.3, -0.25) is 4.79 Å². The fraction of sp³-hybridized carbons (Fsp3) is 0.857. The molecule has 7 heteroatoms. The largest absolute Gasteiger partial charge is 0.413 e. The Hall–Kier alpha value is 0.437. The number of hydrogen-bond donors (Lipinski definition) is 1. The van der Waals surface area contributed by atoms with Gasteiger partial charge in [-0.15, -0.1) is 11.8 Å². The van der Waals surface area contributed by atoms with Gasteiger partial charge in [0.05, 0.1) is 17.4 Å². The number of thiocarbonyl (C=S) groups is 1. The molecule has 1 aliphatic rings. The Labute approximate surface area is 143 Å². The third-order valence-corrected chi connectivity index (χ3v) is 11.4. The maximum absolute atomic E-state index is 11.9. The van der Waals surface area contributed by atoms with Gasteiger partial charge in [0.2, 0.25) is 5.91 Å². The summed E-state index contributed by atoms with van der Waals surface area (Å²) >= 11 is 8.55. The molecule has 1 unspecified atom stereocenters. The van der Waals surface area contributed by atoms with E-state index in [2.05, 4.69) is 46.1 Å². The smallest absolute Gasteiger partial charge is 0.229 e. The van der Waals surface area contributed by atoms with Crippen molar-refractivity contribution in [3.63, 3.8) is 0 Å². The minimum absolute atomic E-state index is 0.0591. The lowest BCUT2D eigenvalue weighted by Gasteiger charge is -2.45. The quantitative estimate of drug-likeness (QED) is 0.448. The van der Waals surface area contributed by atoms with Crippen LogP contribution in [0.25, 0.3) is 0 Å². The van der Waals surface area contributed by atoms with E-state index in [0.29, 0.717) is 0 Å². The lowest BCUT2D eigenvalue weighted by Crippen LogP contribution is -2.62. The second-order valence-electron chi connectivity index (χ2n) is 6.84.